The van der Waals surface area contributed by atoms with E-state index in [1.807, 2.05) is 4.57 Å². The van der Waals surface area contributed by atoms with Crippen LogP contribution in [0.3, 0.4) is 0 Å². The molecule has 0 aliphatic carbocycles. The first-order chi connectivity index (χ1) is 13.9. The van der Waals surface area contributed by atoms with Crippen LogP contribution < -0.4 is 5.73 Å². The van der Waals surface area contributed by atoms with Crippen molar-refractivity contribution in [2.24, 2.45) is 5.73 Å². The minimum absolute atomic E-state index is 0.0884. The quantitative estimate of drug-likeness (QED) is 0.580. The van der Waals surface area contributed by atoms with Gasteiger partial charge in [0.05, 0.1) is 17.3 Å². The number of piperidine rings is 1. The standard InChI is InChI=1S/C18H25N5O4S2/c1-27-11-10-23-17(20-21-18(23)28-13-16(19)24)14-6-5-9-22(12-14)29(25,26)15-7-3-2-4-8-15/h2-4,7-8,14H,5-6,9-13H2,1H3,(H2,19,24). The molecule has 1 aromatic carbocycles. The summed E-state index contributed by atoms with van der Waals surface area (Å²) >= 11 is 1.22. The van der Waals surface area contributed by atoms with E-state index in [4.69, 9.17) is 10.5 Å². The van der Waals surface area contributed by atoms with Crippen molar-refractivity contribution in [2.45, 2.75) is 35.4 Å². The normalized spacial score (nSPS) is 18.0. The summed E-state index contributed by atoms with van der Waals surface area (Å²) in [5.74, 6) is 0.289. The number of ether oxygens (including phenoxy) is 1. The lowest BCUT2D eigenvalue weighted by Crippen LogP contribution is -2.39. The maximum atomic E-state index is 13.0. The lowest BCUT2D eigenvalue weighted by Gasteiger charge is -2.31. The van der Waals surface area contributed by atoms with Gasteiger partial charge < -0.3 is 15.0 Å². The molecule has 1 aliphatic rings. The Morgan fingerprint density at radius 3 is 2.76 bits per heavy atom. The molecule has 11 heteroatoms. The molecule has 1 fully saturated rings. The fourth-order valence-corrected chi connectivity index (χ4v) is 5.61. The summed E-state index contributed by atoms with van der Waals surface area (Å²) in [5.41, 5.74) is 5.25. The molecule has 2 aromatic rings. The number of thioether (sulfide) groups is 1. The van der Waals surface area contributed by atoms with Crippen LogP contribution in [0, 0.1) is 0 Å². The van der Waals surface area contributed by atoms with Gasteiger partial charge in [0, 0.05) is 32.7 Å². The minimum atomic E-state index is -3.56. The van der Waals surface area contributed by atoms with Gasteiger partial charge in [0.15, 0.2) is 5.16 Å². The van der Waals surface area contributed by atoms with Gasteiger partial charge >= 0.3 is 0 Å². The van der Waals surface area contributed by atoms with E-state index >= 15 is 0 Å². The number of carbonyl (C=O) groups is 1. The van der Waals surface area contributed by atoms with E-state index in [0.29, 0.717) is 42.1 Å². The lowest BCUT2D eigenvalue weighted by atomic mass is 9.99. The van der Waals surface area contributed by atoms with Gasteiger partial charge in [-0.25, -0.2) is 8.42 Å². The average Bonchev–Trinajstić information content (AvgIpc) is 3.14. The summed E-state index contributed by atoms with van der Waals surface area (Å²) in [6.07, 6.45) is 1.55. The van der Waals surface area contributed by atoms with Crippen molar-refractivity contribution in [1.29, 1.82) is 0 Å². The molecule has 29 heavy (non-hydrogen) atoms. The van der Waals surface area contributed by atoms with Gasteiger partial charge in [-0.1, -0.05) is 30.0 Å². The van der Waals surface area contributed by atoms with Crippen LogP contribution in [0.25, 0.3) is 0 Å². The predicted octanol–water partition coefficient (Wildman–Crippen LogP) is 1.07. The van der Waals surface area contributed by atoms with Gasteiger partial charge in [0.2, 0.25) is 15.9 Å². The number of primary amides is 1. The van der Waals surface area contributed by atoms with Gasteiger partial charge in [0.1, 0.15) is 5.82 Å². The van der Waals surface area contributed by atoms with Crippen molar-refractivity contribution >= 4 is 27.7 Å². The number of carbonyl (C=O) groups excluding carboxylic acids is 1. The fourth-order valence-electron chi connectivity index (χ4n) is 3.35. The monoisotopic (exact) mass is 439 g/mol. The number of hydrogen-bond acceptors (Lipinski definition) is 7. The number of aromatic nitrogens is 3. The second-order valence-electron chi connectivity index (χ2n) is 6.76. The maximum Gasteiger partial charge on any atom is 0.243 e. The molecule has 2 heterocycles. The Kier molecular flexibility index (Phi) is 7.28. The van der Waals surface area contributed by atoms with Crippen LogP contribution in [0.5, 0.6) is 0 Å². The zero-order chi connectivity index (χ0) is 20.9. The molecule has 9 nitrogen and oxygen atoms in total. The maximum absolute atomic E-state index is 13.0. The zero-order valence-electron chi connectivity index (χ0n) is 16.2. The van der Waals surface area contributed by atoms with Crippen molar-refractivity contribution in [3.05, 3.63) is 36.2 Å². The Morgan fingerprint density at radius 1 is 1.31 bits per heavy atom. The summed E-state index contributed by atoms with van der Waals surface area (Å²) < 4.78 is 34.6. The molecule has 1 amide bonds. The van der Waals surface area contributed by atoms with E-state index in [9.17, 15) is 13.2 Å². The summed E-state index contributed by atoms with van der Waals surface area (Å²) in [6.45, 7) is 1.78. The molecular formula is C18H25N5O4S2. The highest BCUT2D eigenvalue weighted by Gasteiger charge is 2.33. The van der Waals surface area contributed by atoms with Gasteiger partial charge in [-0.3, -0.25) is 4.79 Å². The molecule has 158 valence electrons. The van der Waals surface area contributed by atoms with E-state index in [1.54, 1.807) is 37.4 Å². The molecular weight excluding hydrogens is 414 g/mol. The second kappa shape index (κ2) is 9.70. The first kappa shape index (κ1) is 21.8. The lowest BCUT2D eigenvalue weighted by molar-refractivity contribution is -0.115. The smallest absolute Gasteiger partial charge is 0.243 e. The van der Waals surface area contributed by atoms with E-state index in [2.05, 4.69) is 10.2 Å². The van der Waals surface area contributed by atoms with Crippen LogP contribution in [-0.4, -0.2) is 66.0 Å². The molecule has 1 aliphatic heterocycles. The first-order valence-corrected chi connectivity index (χ1v) is 11.7. The van der Waals surface area contributed by atoms with E-state index in [1.165, 1.54) is 16.1 Å². The fraction of sp³-hybridized carbons (Fsp3) is 0.500. The number of amides is 1. The molecule has 0 radical (unpaired) electrons. The van der Waals surface area contributed by atoms with E-state index in [-0.39, 0.29) is 11.7 Å². The number of nitrogens with zero attached hydrogens (tertiary/aromatic N) is 4. The molecule has 1 unspecified atom stereocenters. The van der Waals surface area contributed by atoms with Gasteiger partial charge in [0.25, 0.3) is 0 Å². The molecule has 2 N–H and O–H groups in total. The van der Waals surface area contributed by atoms with Crippen LogP contribution >= 0.6 is 11.8 Å². The van der Waals surface area contributed by atoms with Crippen molar-refractivity contribution in [3.63, 3.8) is 0 Å². The third kappa shape index (κ3) is 5.16. The second-order valence-corrected chi connectivity index (χ2v) is 9.64. The van der Waals surface area contributed by atoms with Crippen molar-refractivity contribution < 1.29 is 17.9 Å². The third-order valence-corrected chi connectivity index (χ3v) is 7.61. The van der Waals surface area contributed by atoms with Crippen LogP contribution in [-0.2, 0) is 26.1 Å². The van der Waals surface area contributed by atoms with E-state index < -0.39 is 15.9 Å². The molecule has 1 saturated heterocycles. The molecule has 1 atom stereocenters. The molecule has 3 rings (SSSR count). The third-order valence-electron chi connectivity index (χ3n) is 4.74. The minimum Gasteiger partial charge on any atom is -0.383 e. The predicted molar refractivity (Wildman–Crippen MR) is 109 cm³/mol. The Balaban J connectivity index is 1.83. The first-order valence-electron chi connectivity index (χ1n) is 9.32. The Bertz CT molecular complexity index is 933. The van der Waals surface area contributed by atoms with Gasteiger partial charge in [-0.2, -0.15) is 4.31 Å². The Labute approximate surface area is 174 Å². The molecule has 0 spiro atoms. The summed E-state index contributed by atoms with van der Waals surface area (Å²) in [5, 5.41) is 9.11. The molecule has 0 bridgehead atoms. The van der Waals surface area contributed by atoms with Gasteiger partial charge in [-0.05, 0) is 25.0 Å². The van der Waals surface area contributed by atoms with Crippen molar-refractivity contribution in [2.75, 3.05) is 32.6 Å². The van der Waals surface area contributed by atoms with Crippen LogP contribution in [0.1, 0.15) is 24.6 Å². The summed E-state index contributed by atoms with van der Waals surface area (Å²) in [7, 11) is -1.96. The summed E-state index contributed by atoms with van der Waals surface area (Å²) in [4.78, 5) is 11.4. The van der Waals surface area contributed by atoms with Crippen molar-refractivity contribution in [1.82, 2.24) is 19.1 Å². The Hall–Kier alpha value is -1.95. The van der Waals surface area contributed by atoms with E-state index in [0.717, 1.165) is 12.8 Å². The highest BCUT2D eigenvalue weighted by atomic mass is 32.2. The van der Waals surface area contributed by atoms with Gasteiger partial charge in [-0.15, -0.1) is 10.2 Å². The Morgan fingerprint density at radius 2 is 2.07 bits per heavy atom. The molecule has 1 aromatic heterocycles. The topological polar surface area (TPSA) is 120 Å². The highest BCUT2D eigenvalue weighted by molar-refractivity contribution is 7.99. The number of nitrogens with two attached hydrogens (primary N) is 1. The number of methoxy groups -OCH3 is 1. The van der Waals surface area contributed by atoms with Crippen LogP contribution in [0.15, 0.2) is 40.4 Å². The zero-order valence-corrected chi connectivity index (χ0v) is 17.9. The largest absolute Gasteiger partial charge is 0.383 e. The summed E-state index contributed by atoms with van der Waals surface area (Å²) in [6, 6.07) is 8.45. The SMILES string of the molecule is COCCn1c(SCC(N)=O)nnc1C1CCCN(S(=O)(=O)c2ccccc2)C1. The number of sulfonamides is 1. The highest BCUT2D eigenvalue weighted by Crippen LogP contribution is 2.31. The number of rotatable bonds is 9. The van der Waals surface area contributed by atoms with Crippen LogP contribution in [0.4, 0.5) is 0 Å². The van der Waals surface area contributed by atoms with Crippen molar-refractivity contribution in [3.8, 4) is 0 Å². The average molecular weight is 440 g/mol. The number of hydrogen-bond donors (Lipinski definition) is 1. The molecule has 0 saturated carbocycles. The van der Waals surface area contributed by atoms with Crippen LogP contribution in [0.2, 0.25) is 0 Å². The number of benzene rings is 1.